The molecule has 2 rings (SSSR count). The fourth-order valence-electron chi connectivity index (χ4n) is 2.58. The molecule has 1 saturated carbocycles. The Balaban J connectivity index is 1.64. The van der Waals surface area contributed by atoms with Crippen LogP contribution in [0, 0.1) is 0 Å². The summed E-state index contributed by atoms with van der Waals surface area (Å²) >= 11 is 2.45. The van der Waals surface area contributed by atoms with Crippen LogP contribution in [0.5, 0.6) is 0 Å². The molecule has 0 aromatic carbocycles. The molecule has 0 amide bonds. The molecule has 1 aliphatic rings. The number of nitrogens with one attached hydrogen (secondary N) is 1. The molecule has 0 bridgehead atoms. The molecule has 102 valence electrons. The SMILES string of the molecule is ICCCCCNCc1ccn(C2CCCC2)n1. The molecule has 18 heavy (non-hydrogen) atoms. The van der Waals surface area contributed by atoms with Crippen LogP contribution < -0.4 is 5.32 Å². The first-order chi connectivity index (χ1) is 8.90. The Bertz CT molecular complexity index is 332. The number of aromatic nitrogens is 2. The van der Waals surface area contributed by atoms with Crippen molar-refractivity contribution in [2.24, 2.45) is 0 Å². The Kier molecular flexibility index (Phi) is 6.48. The Morgan fingerprint density at radius 2 is 2.11 bits per heavy atom. The number of alkyl halides is 1. The molecular weight excluding hydrogens is 337 g/mol. The Labute approximate surface area is 124 Å². The largest absolute Gasteiger partial charge is 0.311 e. The standard InChI is InChI=1S/C14H24IN3/c15-9-4-1-5-10-16-12-13-8-11-18(17-13)14-6-2-3-7-14/h8,11,14,16H,1-7,9-10,12H2. The van der Waals surface area contributed by atoms with Crippen molar-refractivity contribution in [2.45, 2.75) is 57.5 Å². The summed E-state index contributed by atoms with van der Waals surface area (Å²) in [7, 11) is 0. The molecule has 1 fully saturated rings. The predicted molar refractivity (Wildman–Crippen MR) is 84.2 cm³/mol. The van der Waals surface area contributed by atoms with Crippen LogP contribution in [0.1, 0.15) is 56.7 Å². The summed E-state index contributed by atoms with van der Waals surface area (Å²) in [5.74, 6) is 0. The van der Waals surface area contributed by atoms with Crippen LogP contribution in [-0.4, -0.2) is 20.8 Å². The van der Waals surface area contributed by atoms with Gasteiger partial charge in [0.25, 0.3) is 0 Å². The molecular formula is C14H24IN3. The van der Waals surface area contributed by atoms with E-state index in [1.165, 1.54) is 55.1 Å². The van der Waals surface area contributed by atoms with E-state index in [2.05, 4.69) is 50.0 Å². The highest BCUT2D eigenvalue weighted by molar-refractivity contribution is 14.1. The topological polar surface area (TPSA) is 29.9 Å². The lowest BCUT2D eigenvalue weighted by Gasteiger charge is -2.08. The van der Waals surface area contributed by atoms with Crippen molar-refractivity contribution < 1.29 is 0 Å². The van der Waals surface area contributed by atoms with Crippen LogP contribution in [0.25, 0.3) is 0 Å². The maximum Gasteiger partial charge on any atom is 0.0762 e. The predicted octanol–water partition coefficient (Wildman–Crippen LogP) is 3.69. The number of halogens is 1. The normalized spacial score (nSPS) is 16.5. The fraction of sp³-hybridized carbons (Fsp3) is 0.786. The minimum absolute atomic E-state index is 0.669. The maximum absolute atomic E-state index is 4.68. The first-order valence-corrected chi connectivity index (χ1v) is 8.73. The van der Waals surface area contributed by atoms with E-state index in [0.29, 0.717) is 6.04 Å². The van der Waals surface area contributed by atoms with Crippen molar-refractivity contribution in [1.82, 2.24) is 15.1 Å². The van der Waals surface area contributed by atoms with Crippen LogP contribution >= 0.6 is 22.6 Å². The van der Waals surface area contributed by atoms with E-state index in [-0.39, 0.29) is 0 Å². The minimum atomic E-state index is 0.669. The number of hydrogen-bond donors (Lipinski definition) is 1. The highest BCUT2D eigenvalue weighted by atomic mass is 127. The quantitative estimate of drug-likeness (QED) is 0.435. The van der Waals surface area contributed by atoms with E-state index < -0.39 is 0 Å². The molecule has 4 heteroatoms. The van der Waals surface area contributed by atoms with Gasteiger partial charge in [0.05, 0.1) is 11.7 Å². The van der Waals surface area contributed by atoms with Gasteiger partial charge in [-0.15, -0.1) is 0 Å². The molecule has 1 aromatic heterocycles. The third kappa shape index (κ3) is 4.53. The number of nitrogens with zero attached hydrogens (tertiary/aromatic N) is 2. The van der Waals surface area contributed by atoms with Crippen LogP contribution in [0.4, 0.5) is 0 Å². The van der Waals surface area contributed by atoms with Crippen molar-refractivity contribution in [1.29, 1.82) is 0 Å². The second-order valence-electron chi connectivity index (χ2n) is 5.15. The summed E-state index contributed by atoms with van der Waals surface area (Å²) in [5, 5.41) is 8.17. The van der Waals surface area contributed by atoms with Gasteiger partial charge in [-0.2, -0.15) is 5.10 Å². The molecule has 0 aliphatic heterocycles. The molecule has 3 nitrogen and oxygen atoms in total. The first-order valence-electron chi connectivity index (χ1n) is 7.21. The van der Waals surface area contributed by atoms with Gasteiger partial charge < -0.3 is 5.32 Å². The molecule has 0 radical (unpaired) electrons. The van der Waals surface area contributed by atoms with E-state index in [4.69, 9.17) is 0 Å². The highest BCUT2D eigenvalue weighted by Gasteiger charge is 2.17. The molecule has 1 N–H and O–H groups in total. The molecule has 0 atom stereocenters. The van der Waals surface area contributed by atoms with Gasteiger partial charge in [-0.25, -0.2) is 0 Å². The van der Waals surface area contributed by atoms with Crippen molar-refractivity contribution in [3.63, 3.8) is 0 Å². The van der Waals surface area contributed by atoms with Gasteiger partial charge in [0.2, 0.25) is 0 Å². The second-order valence-corrected chi connectivity index (χ2v) is 6.23. The van der Waals surface area contributed by atoms with Crippen LogP contribution in [-0.2, 0) is 6.54 Å². The van der Waals surface area contributed by atoms with Crippen molar-refractivity contribution in [2.75, 3.05) is 11.0 Å². The zero-order chi connectivity index (χ0) is 12.6. The highest BCUT2D eigenvalue weighted by Crippen LogP contribution is 2.28. The number of hydrogen-bond acceptors (Lipinski definition) is 2. The first kappa shape index (κ1) is 14.3. The molecule has 1 aliphatic carbocycles. The van der Waals surface area contributed by atoms with E-state index in [9.17, 15) is 0 Å². The Morgan fingerprint density at radius 1 is 1.28 bits per heavy atom. The van der Waals surface area contributed by atoms with Gasteiger partial charge in [0.15, 0.2) is 0 Å². The minimum Gasteiger partial charge on any atom is -0.311 e. The molecule has 0 unspecified atom stereocenters. The lowest BCUT2D eigenvalue weighted by atomic mass is 10.2. The van der Waals surface area contributed by atoms with Crippen LogP contribution in [0.2, 0.25) is 0 Å². The Hall–Kier alpha value is -0.100. The van der Waals surface area contributed by atoms with Gasteiger partial charge in [-0.05, 0) is 42.7 Å². The third-order valence-corrected chi connectivity index (χ3v) is 4.42. The van der Waals surface area contributed by atoms with Gasteiger partial charge in [0, 0.05) is 12.7 Å². The molecule has 1 heterocycles. The van der Waals surface area contributed by atoms with Gasteiger partial charge in [0.1, 0.15) is 0 Å². The fourth-order valence-corrected chi connectivity index (χ4v) is 3.12. The van der Waals surface area contributed by atoms with E-state index in [1.54, 1.807) is 0 Å². The smallest absolute Gasteiger partial charge is 0.0762 e. The monoisotopic (exact) mass is 361 g/mol. The summed E-state index contributed by atoms with van der Waals surface area (Å²) in [4.78, 5) is 0. The summed E-state index contributed by atoms with van der Waals surface area (Å²) in [6, 6.07) is 2.83. The third-order valence-electron chi connectivity index (χ3n) is 3.66. The zero-order valence-electron chi connectivity index (χ0n) is 11.1. The summed E-state index contributed by atoms with van der Waals surface area (Å²) in [5.41, 5.74) is 1.19. The lowest BCUT2D eigenvalue weighted by Crippen LogP contribution is -2.15. The number of rotatable bonds is 8. The summed E-state index contributed by atoms with van der Waals surface area (Å²) in [6.45, 7) is 2.04. The van der Waals surface area contributed by atoms with Crippen molar-refractivity contribution in [3.05, 3.63) is 18.0 Å². The zero-order valence-corrected chi connectivity index (χ0v) is 13.2. The summed E-state index contributed by atoms with van der Waals surface area (Å²) < 4.78 is 3.46. The van der Waals surface area contributed by atoms with E-state index in [0.717, 1.165) is 13.1 Å². The Morgan fingerprint density at radius 3 is 2.89 bits per heavy atom. The molecule has 0 saturated heterocycles. The second kappa shape index (κ2) is 8.15. The number of unbranched alkanes of at least 4 members (excludes halogenated alkanes) is 2. The van der Waals surface area contributed by atoms with Gasteiger partial charge >= 0.3 is 0 Å². The molecule has 1 aromatic rings. The van der Waals surface area contributed by atoms with E-state index in [1.807, 2.05) is 0 Å². The average Bonchev–Trinajstić information content (AvgIpc) is 3.03. The lowest BCUT2D eigenvalue weighted by molar-refractivity contribution is 0.460. The van der Waals surface area contributed by atoms with Crippen LogP contribution in [0.3, 0.4) is 0 Å². The van der Waals surface area contributed by atoms with E-state index >= 15 is 0 Å². The maximum atomic E-state index is 4.68. The van der Waals surface area contributed by atoms with Gasteiger partial charge in [-0.1, -0.05) is 41.9 Å². The summed E-state index contributed by atoms with van der Waals surface area (Å²) in [6.07, 6.45) is 11.5. The molecule has 0 spiro atoms. The van der Waals surface area contributed by atoms with Crippen LogP contribution in [0.15, 0.2) is 12.3 Å². The average molecular weight is 361 g/mol. The van der Waals surface area contributed by atoms with Crippen molar-refractivity contribution >= 4 is 22.6 Å². The van der Waals surface area contributed by atoms with Gasteiger partial charge in [-0.3, -0.25) is 4.68 Å². The van der Waals surface area contributed by atoms with Crippen molar-refractivity contribution in [3.8, 4) is 0 Å².